The lowest BCUT2D eigenvalue weighted by molar-refractivity contribution is -0.130. The van der Waals surface area contributed by atoms with Gasteiger partial charge in [0.2, 0.25) is 5.91 Å². The number of rotatable bonds is 6. The molecule has 24 heavy (non-hydrogen) atoms. The summed E-state index contributed by atoms with van der Waals surface area (Å²) in [6, 6.07) is 20.7. The number of benzene rings is 2. The number of carbonyl (C=O) groups is 1. The molecule has 1 heterocycles. The molecule has 0 bridgehead atoms. The Kier molecular flexibility index (Phi) is 5.65. The molecular formula is C21H26N2O. The maximum absolute atomic E-state index is 12.9. The molecule has 0 aromatic heterocycles. The summed E-state index contributed by atoms with van der Waals surface area (Å²) >= 11 is 0. The maximum Gasteiger partial charge on any atom is 0.223 e. The standard InChI is InChI=1S/C21H26N2O/c1-22-15-17-12-13-23(16-17)21(24)14-20(18-8-4-2-5-9-18)19-10-6-3-7-11-19/h2-11,17,20,22H,12-16H2,1H3. The summed E-state index contributed by atoms with van der Waals surface area (Å²) < 4.78 is 0. The van der Waals surface area contributed by atoms with Crippen LogP contribution >= 0.6 is 0 Å². The molecule has 1 aliphatic heterocycles. The number of nitrogens with zero attached hydrogens (tertiary/aromatic N) is 1. The number of nitrogens with one attached hydrogen (secondary N) is 1. The van der Waals surface area contributed by atoms with Crippen LogP contribution in [0.4, 0.5) is 0 Å². The molecule has 0 spiro atoms. The predicted molar refractivity (Wildman–Crippen MR) is 98.0 cm³/mol. The van der Waals surface area contributed by atoms with Crippen LogP contribution in [-0.2, 0) is 4.79 Å². The number of hydrogen-bond acceptors (Lipinski definition) is 2. The minimum absolute atomic E-state index is 0.128. The Morgan fingerprint density at radius 3 is 2.21 bits per heavy atom. The average molecular weight is 322 g/mol. The summed E-state index contributed by atoms with van der Waals surface area (Å²) in [5.41, 5.74) is 2.42. The summed E-state index contributed by atoms with van der Waals surface area (Å²) in [6.45, 7) is 2.77. The maximum atomic E-state index is 12.9. The van der Waals surface area contributed by atoms with Gasteiger partial charge in [0.15, 0.2) is 0 Å². The van der Waals surface area contributed by atoms with Gasteiger partial charge in [-0.1, -0.05) is 60.7 Å². The van der Waals surface area contributed by atoms with Crippen LogP contribution in [0.15, 0.2) is 60.7 Å². The van der Waals surface area contributed by atoms with E-state index in [2.05, 4.69) is 53.8 Å². The van der Waals surface area contributed by atoms with Crippen LogP contribution in [-0.4, -0.2) is 37.5 Å². The molecule has 0 radical (unpaired) electrons. The van der Waals surface area contributed by atoms with Gasteiger partial charge in [0, 0.05) is 25.4 Å². The lowest BCUT2D eigenvalue weighted by Gasteiger charge is -2.22. The van der Waals surface area contributed by atoms with Crippen LogP contribution in [0.25, 0.3) is 0 Å². The molecule has 1 aliphatic rings. The summed E-state index contributed by atoms with van der Waals surface area (Å²) in [5.74, 6) is 0.986. The molecule has 1 unspecified atom stereocenters. The van der Waals surface area contributed by atoms with Crippen molar-refractivity contribution in [2.75, 3.05) is 26.7 Å². The van der Waals surface area contributed by atoms with Crippen LogP contribution in [0.2, 0.25) is 0 Å². The predicted octanol–water partition coefficient (Wildman–Crippen LogP) is 3.28. The number of likely N-dealkylation sites (tertiary alicyclic amines) is 1. The summed E-state index contributed by atoms with van der Waals surface area (Å²) in [4.78, 5) is 14.9. The van der Waals surface area contributed by atoms with Crippen LogP contribution in [0.3, 0.4) is 0 Å². The number of carbonyl (C=O) groups excluding carboxylic acids is 1. The van der Waals surface area contributed by atoms with Gasteiger partial charge in [-0.2, -0.15) is 0 Å². The zero-order chi connectivity index (χ0) is 16.8. The smallest absolute Gasteiger partial charge is 0.223 e. The van der Waals surface area contributed by atoms with Crippen molar-refractivity contribution in [3.05, 3.63) is 71.8 Å². The molecule has 1 fully saturated rings. The van der Waals surface area contributed by atoms with Gasteiger partial charge in [-0.05, 0) is 37.1 Å². The Labute approximate surface area is 144 Å². The van der Waals surface area contributed by atoms with Crippen LogP contribution in [0.1, 0.15) is 29.9 Å². The normalized spacial score (nSPS) is 17.4. The SMILES string of the molecule is CNCC1CCN(C(=O)CC(c2ccccc2)c2ccccc2)C1. The third-order valence-electron chi connectivity index (χ3n) is 4.91. The highest BCUT2D eigenvalue weighted by atomic mass is 16.2. The van der Waals surface area contributed by atoms with Gasteiger partial charge >= 0.3 is 0 Å². The second kappa shape index (κ2) is 8.11. The Morgan fingerprint density at radius 1 is 1.08 bits per heavy atom. The van der Waals surface area contributed by atoms with Crippen molar-refractivity contribution in [3.8, 4) is 0 Å². The first-order valence-corrected chi connectivity index (χ1v) is 8.80. The highest BCUT2D eigenvalue weighted by Crippen LogP contribution is 2.29. The third-order valence-corrected chi connectivity index (χ3v) is 4.91. The summed E-state index contributed by atoms with van der Waals surface area (Å²) in [5, 5.41) is 3.22. The number of hydrogen-bond donors (Lipinski definition) is 1. The van der Waals surface area contributed by atoms with Crippen molar-refractivity contribution in [2.45, 2.75) is 18.8 Å². The van der Waals surface area contributed by atoms with E-state index >= 15 is 0 Å². The molecule has 1 saturated heterocycles. The van der Waals surface area contributed by atoms with Crippen LogP contribution in [0, 0.1) is 5.92 Å². The van der Waals surface area contributed by atoms with E-state index in [1.54, 1.807) is 0 Å². The Hall–Kier alpha value is -2.13. The highest BCUT2D eigenvalue weighted by Gasteiger charge is 2.28. The molecule has 1 atom stereocenters. The van der Waals surface area contributed by atoms with E-state index in [4.69, 9.17) is 0 Å². The highest BCUT2D eigenvalue weighted by molar-refractivity contribution is 5.78. The lowest BCUT2D eigenvalue weighted by Crippen LogP contribution is -2.31. The van der Waals surface area contributed by atoms with E-state index in [1.165, 1.54) is 11.1 Å². The van der Waals surface area contributed by atoms with Crippen LogP contribution in [0.5, 0.6) is 0 Å². The van der Waals surface area contributed by atoms with Gasteiger partial charge in [-0.15, -0.1) is 0 Å². The zero-order valence-corrected chi connectivity index (χ0v) is 14.3. The fourth-order valence-corrected chi connectivity index (χ4v) is 3.62. The average Bonchev–Trinajstić information content (AvgIpc) is 3.10. The number of amides is 1. The van der Waals surface area contributed by atoms with Gasteiger partial charge < -0.3 is 10.2 Å². The van der Waals surface area contributed by atoms with E-state index in [-0.39, 0.29) is 11.8 Å². The van der Waals surface area contributed by atoms with Crippen molar-refractivity contribution in [1.29, 1.82) is 0 Å². The minimum Gasteiger partial charge on any atom is -0.342 e. The molecule has 0 aliphatic carbocycles. The Bertz CT molecular complexity index is 602. The zero-order valence-electron chi connectivity index (χ0n) is 14.3. The monoisotopic (exact) mass is 322 g/mol. The minimum atomic E-state index is 0.128. The quantitative estimate of drug-likeness (QED) is 0.885. The molecule has 3 rings (SSSR count). The van der Waals surface area contributed by atoms with Gasteiger partial charge in [-0.3, -0.25) is 4.79 Å². The van der Waals surface area contributed by atoms with E-state index in [9.17, 15) is 4.79 Å². The van der Waals surface area contributed by atoms with E-state index in [1.807, 2.05) is 24.1 Å². The van der Waals surface area contributed by atoms with Gasteiger partial charge in [0.05, 0.1) is 0 Å². The molecule has 2 aromatic carbocycles. The molecule has 3 heteroatoms. The van der Waals surface area contributed by atoms with E-state index < -0.39 is 0 Å². The molecule has 126 valence electrons. The fraction of sp³-hybridized carbons (Fsp3) is 0.381. The topological polar surface area (TPSA) is 32.3 Å². The first kappa shape index (κ1) is 16.7. The second-order valence-corrected chi connectivity index (χ2v) is 6.63. The second-order valence-electron chi connectivity index (χ2n) is 6.63. The van der Waals surface area contributed by atoms with E-state index in [0.717, 1.165) is 26.1 Å². The van der Waals surface area contributed by atoms with Crippen molar-refractivity contribution in [2.24, 2.45) is 5.92 Å². The van der Waals surface area contributed by atoms with Crippen LogP contribution < -0.4 is 5.32 Å². The molecule has 3 nitrogen and oxygen atoms in total. The van der Waals surface area contributed by atoms with Crippen molar-refractivity contribution >= 4 is 5.91 Å². The summed E-state index contributed by atoms with van der Waals surface area (Å²) in [6.07, 6.45) is 1.65. The Balaban J connectivity index is 1.74. The largest absolute Gasteiger partial charge is 0.342 e. The molecular weight excluding hydrogens is 296 g/mol. The van der Waals surface area contributed by atoms with Gasteiger partial charge in [-0.25, -0.2) is 0 Å². The molecule has 2 aromatic rings. The van der Waals surface area contributed by atoms with Crippen molar-refractivity contribution in [1.82, 2.24) is 10.2 Å². The fourth-order valence-electron chi connectivity index (χ4n) is 3.62. The lowest BCUT2D eigenvalue weighted by atomic mass is 9.88. The molecule has 0 saturated carbocycles. The van der Waals surface area contributed by atoms with Gasteiger partial charge in [0.25, 0.3) is 0 Å². The summed E-state index contributed by atoms with van der Waals surface area (Å²) in [7, 11) is 1.98. The van der Waals surface area contributed by atoms with E-state index in [0.29, 0.717) is 12.3 Å². The van der Waals surface area contributed by atoms with Crippen molar-refractivity contribution in [3.63, 3.8) is 0 Å². The Morgan fingerprint density at radius 2 is 1.67 bits per heavy atom. The molecule has 1 amide bonds. The first-order valence-electron chi connectivity index (χ1n) is 8.80. The third kappa shape index (κ3) is 4.04. The first-order chi connectivity index (χ1) is 11.8. The molecule has 1 N–H and O–H groups in total. The van der Waals surface area contributed by atoms with Gasteiger partial charge in [0.1, 0.15) is 0 Å². The van der Waals surface area contributed by atoms with Crippen molar-refractivity contribution < 1.29 is 4.79 Å².